The highest BCUT2D eigenvalue weighted by Crippen LogP contribution is 2.33. The number of thiazole rings is 1. The maximum absolute atomic E-state index is 14.0. The zero-order valence-corrected chi connectivity index (χ0v) is 23.8. The first-order chi connectivity index (χ1) is 17.8. The Labute approximate surface area is 226 Å². The summed E-state index contributed by atoms with van der Waals surface area (Å²) >= 11 is 2.76. The van der Waals surface area contributed by atoms with E-state index in [9.17, 15) is 13.2 Å². The van der Waals surface area contributed by atoms with Crippen molar-refractivity contribution in [3.8, 4) is 0 Å². The Morgan fingerprint density at radius 3 is 2.73 bits per heavy atom. The number of hydrogen-bond acceptors (Lipinski definition) is 8. The van der Waals surface area contributed by atoms with Crippen molar-refractivity contribution in [2.45, 2.75) is 37.3 Å². The third kappa shape index (κ3) is 5.91. The van der Waals surface area contributed by atoms with Crippen LogP contribution in [0.2, 0.25) is 0 Å². The van der Waals surface area contributed by atoms with Crippen molar-refractivity contribution >= 4 is 54.0 Å². The Morgan fingerprint density at radius 2 is 1.97 bits per heavy atom. The molecule has 1 aromatic carbocycles. The van der Waals surface area contributed by atoms with E-state index in [-0.39, 0.29) is 18.4 Å². The second kappa shape index (κ2) is 11.5. The summed E-state index contributed by atoms with van der Waals surface area (Å²) in [5.41, 5.74) is 3.28. The van der Waals surface area contributed by atoms with Gasteiger partial charge in [0, 0.05) is 39.3 Å². The number of hydrogen-bond donors (Lipinski definition) is 0. The zero-order valence-electron chi connectivity index (χ0n) is 21.4. The van der Waals surface area contributed by atoms with Crippen LogP contribution in [0.5, 0.6) is 0 Å². The number of amides is 1. The minimum absolute atomic E-state index is 0.0273. The first kappa shape index (κ1) is 26.7. The quantitative estimate of drug-likeness (QED) is 0.411. The first-order valence-corrected chi connectivity index (χ1v) is 16.0. The third-order valence-corrected chi connectivity index (χ3v) is 11.6. The largest absolute Gasteiger partial charge is 0.379 e. The summed E-state index contributed by atoms with van der Waals surface area (Å²) in [6.45, 7) is 9.57. The molecule has 1 amide bonds. The van der Waals surface area contributed by atoms with Gasteiger partial charge in [0.15, 0.2) is 5.13 Å². The van der Waals surface area contributed by atoms with Gasteiger partial charge < -0.3 is 4.74 Å². The lowest BCUT2D eigenvalue weighted by atomic mass is 9.98. The van der Waals surface area contributed by atoms with E-state index in [4.69, 9.17) is 9.72 Å². The van der Waals surface area contributed by atoms with Crippen molar-refractivity contribution in [3.05, 3.63) is 40.8 Å². The van der Waals surface area contributed by atoms with Crippen LogP contribution >= 0.6 is 22.7 Å². The van der Waals surface area contributed by atoms with E-state index in [1.165, 1.54) is 26.8 Å². The van der Waals surface area contributed by atoms with Gasteiger partial charge in [-0.2, -0.15) is 4.31 Å². The number of carbonyl (C=O) groups excluding carboxylic acids is 1. The highest BCUT2D eigenvalue weighted by atomic mass is 32.2. The van der Waals surface area contributed by atoms with E-state index in [1.807, 2.05) is 4.90 Å². The predicted octanol–water partition coefficient (Wildman–Crippen LogP) is 4.13. The molecule has 0 radical (unpaired) electrons. The summed E-state index contributed by atoms with van der Waals surface area (Å²) in [6, 6.07) is 7.60. The number of thiophene rings is 1. The summed E-state index contributed by atoms with van der Waals surface area (Å²) in [7, 11) is -3.59. The van der Waals surface area contributed by atoms with Gasteiger partial charge in [0.05, 0.1) is 29.3 Å². The lowest BCUT2D eigenvalue weighted by Crippen LogP contribution is -2.47. The summed E-state index contributed by atoms with van der Waals surface area (Å²) in [4.78, 5) is 23.0. The van der Waals surface area contributed by atoms with Gasteiger partial charge in [0.2, 0.25) is 5.91 Å². The smallest absolute Gasteiger partial charge is 0.252 e. The number of rotatable bonds is 8. The van der Waals surface area contributed by atoms with Crippen LogP contribution in [-0.2, 0) is 19.6 Å². The highest BCUT2D eigenvalue weighted by Gasteiger charge is 2.36. The SMILES string of the molecule is Cc1cc2nc(N(CCCN3CCOCC3)C(=O)C3CCCN(S(=O)(=O)c4cccs4)C3)sc2cc1C. The minimum Gasteiger partial charge on any atom is -0.379 e. The Morgan fingerprint density at radius 1 is 1.19 bits per heavy atom. The molecule has 2 aliphatic rings. The van der Waals surface area contributed by atoms with Gasteiger partial charge in [-0.05, 0) is 67.8 Å². The summed E-state index contributed by atoms with van der Waals surface area (Å²) in [6.07, 6.45) is 2.17. The van der Waals surface area contributed by atoms with Crippen LogP contribution in [-0.4, -0.2) is 81.0 Å². The zero-order chi connectivity index (χ0) is 26.0. The molecule has 2 aromatic heterocycles. The van der Waals surface area contributed by atoms with E-state index >= 15 is 0 Å². The van der Waals surface area contributed by atoms with E-state index in [0.717, 1.165) is 49.5 Å². The molecule has 0 N–H and O–H groups in total. The van der Waals surface area contributed by atoms with Crippen LogP contribution in [0.25, 0.3) is 10.2 Å². The molecule has 200 valence electrons. The van der Waals surface area contributed by atoms with Crippen LogP contribution in [0.4, 0.5) is 5.13 Å². The molecule has 2 aliphatic heterocycles. The molecule has 11 heteroatoms. The molecule has 1 unspecified atom stereocenters. The second-order valence-corrected chi connectivity index (χ2v) is 14.0. The van der Waals surface area contributed by atoms with Gasteiger partial charge in [-0.3, -0.25) is 14.6 Å². The lowest BCUT2D eigenvalue weighted by Gasteiger charge is -2.34. The normalized spacial score (nSPS) is 19.9. The number of ether oxygens (including phenoxy) is 1. The molecule has 3 aromatic rings. The molecule has 4 heterocycles. The molecule has 0 aliphatic carbocycles. The van der Waals surface area contributed by atoms with Gasteiger partial charge in [0.25, 0.3) is 10.0 Å². The molecular weight excluding hydrogens is 529 g/mol. The van der Waals surface area contributed by atoms with Crippen LogP contribution in [0.15, 0.2) is 33.9 Å². The lowest BCUT2D eigenvalue weighted by molar-refractivity contribution is -0.123. The fourth-order valence-corrected chi connectivity index (χ4v) is 8.73. The first-order valence-electron chi connectivity index (χ1n) is 12.9. The third-order valence-electron chi connectivity index (χ3n) is 7.27. The number of morpholine rings is 1. The van der Waals surface area contributed by atoms with Crippen molar-refractivity contribution in [1.82, 2.24) is 14.2 Å². The number of benzene rings is 1. The van der Waals surface area contributed by atoms with Crippen molar-refractivity contribution in [3.63, 3.8) is 0 Å². The molecule has 0 bridgehead atoms. The van der Waals surface area contributed by atoms with Crippen LogP contribution in [0, 0.1) is 19.8 Å². The molecule has 1 atom stereocenters. The number of nitrogens with zero attached hydrogens (tertiary/aromatic N) is 4. The van der Waals surface area contributed by atoms with Gasteiger partial charge in [-0.25, -0.2) is 13.4 Å². The second-order valence-electron chi connectivity index (χ2n) is 9.83. The number of anilines is 1. The Hall–Kier alpha value is -1.89. The Bertz CT molecular complexity index is 1290. The number of carbonyl (C=O) groups is 1. The Kier molecular flexibility index (Phi) is 8.28. The average molecular weight is 563 g/mol. The van der Waals surface area contributed by atoms with Crippen LogP contribution < -0.4 is 4.90 Å². The molecule has 5 rings (SSSR count). The maximum atomic E-state index is 14.0. The van der Waals surface area contributed by atoms with Gasteiger partial charge >= 0.3 is 0 Å². The molecule has 2 fully saturated rings. The maximum Gasteiger partial charge on any atom is 0.252 e. The van der Waals surface area contributed by atoms with Crippen molar-refractivity contribution < 1.29 is 17.9 Å². The number of fused-ring (bicyclic) bond motifs is 1. The summed E-state index contributed by atoms with van der Waals surface area (Å²) in [5.74, 6) is -0.414. The average Bonchev–Trinajstić information content (AvgIpc) is 3.58. The summed E-state index contributed by atoms with van der Waals surface area (Å²) in [5, 5.41) is 2.47. The van der Waals surface area contributed by atoms with Gasteiger partial charge in [0.1, 0.15) is 4.21 Å². The van der Waals surface area contributed by atoms with Crippen molar-refractivity contribution in [2.24, 2.45) is 5.92 Å². The highest BCUT2D eigenvalue weighted by molar-refractivity contribution is 7.91. The van der Waals surface area contributed by atoms with E-state index in [0.29, 0.717) is 35.3 Å². The van der Waals surface area contributed by atoms with Crippen molar-refractivity contribution in [2.75, 3.05) is 57.4 Å². The minimum atomic E-state index is -3.59. The standard InChI is InChI=1S/C26H34N4O4S3/c1-19-16-22-23(17-20(19)2)36-26(27-22)30(10-5-8-28-11-13-34-14-12-28)25(31)21-6-3-9-29(18-21)37(32,33)24-7-4-15-35-24/h4,7,15-17,21H,3,5-6,8-14,18H2,1-2H3. The summed E-state index contributed by atoms with van der Waals surface area (Å²) < 4.78 is 34.7. The fourth-order valence-electron chi connectivity index (χ4n) is 4.98. The Balaban J connectivity index is 1.37. The van der Waals surface area contributed by atoms with Gasteiger partial charge in [-0.1, -0.05) is 17.4 Å². The van der Waals surface area contributed by atoms with Crippen LogP contribution in [0.1, 0.15) is 30.4 Å². The molecule has 37 heavy (non-hydrogen) atoms. The number of aryl methyl sites for hydroxylation is 2. The molecular formula is C26H34N4O4S3. The predicted molar refractivity (Wildman–Crippen MR) is 149 cm³/mol. The van der Waals surface area contributed by atoms with Crippen LogP contribution in [0.3, 0.4) is 0 Å². The van der Waals surface area contributed by atoms with Crippen molar-refractivity contribution in [1.29, 1.82) is 0 Å². The van der Waals surface area contributed by atoms with Gasteiger partial charge in [-0.15, -0.1) is 11.3 Å². The molecule has 0 spiro atoms. The number of sulfonamides is 1. The number of piperidine rings is 1. The monoisotopic (exact) mass is 562 g/mol. The molecule has 8 nitrogen and oxygen atoms in total. The van der Waals surface area contributed by atoms with E-state index in [1.54, 1.807) is 28.8 Å². The molecule has 2 saturated heterocycles. The fraction of sp³-hybridized carbons (Fsp3) is 0.538. The number of aromatic nitrogens is 1. The topological polar surface area (TPSA) is 83.1 Å². The van der Waals surface area contributed by atoms with E-state index < -0.39 is 10.0 Å². The van der Waals surface area contributed by atoms with E-state index in [2.05, 4.69) is 30.9 Å². The molecule has 0 saturated carbocycles.